The third kappa shape index (κ3) is 5.01. The van der Waals surface area contributed by atoms with E-state index in [1.54, 1.807) is 17.9 Å². The maximum atomic E-state index is 11.9. The molecule has 0 fully saturated rings. The van der Waals surface area contributed by atoms with Gasteiger partial charge >= 0.3 is 6.18 Å². The van der Waals surface area contributed by atoms with E-state index in [-0.39, 0.29) is 12.6 Å². The number of nitrogens with zero attached hydrogens (tertiary/aromatic N) is 3. The summed E-state index contributed by atoms with van der Waals surface area (Å²) < 4.78 is 41.9. The molecule has 0 amide bonds. The van der Waals surface area contributed by atoms with E-state index in [1.807, 2.05) is 6.92 Å². The molecule has 5 nitrogen and oxygen atoms in total. The first-order valence-corrected chi connectivity index (χ1v) is 5.66. The maximum Gasteiger partial charge on any atom is 0.411 e. The van der Waals surface area contributed by atoms with Gasteiger partial charge in [-0.3, -0.25) is 4.68 Å². The number of aryl methyl sites for hydroxylation is 1. The number of aromatic nitrogens is 3. The monoisotopic (exact) mass is 266 g/mol. The summed E-state index contributed by atoms with van der Waals surface area (Å²) in [6, 6.07) is -0.108. The van der Waals surface area contributed by atoms with Gasteiger partial charge in [0.2, 0.25) is 0 Å². The second-order valence-corrected chi connectivity index (χ2v) is 3.85. The molecule has 1 heterocycles. The van der Waals surface area contributed by atoms with E-state index in [4.69, 9.17) is 0 Å². The smallest absolute Gasteiger partial charge is 0.372 e. The van der Waals surface area contributed by atoms with Crippen molar-refractivity contribution in [3.63, 3.8) is 0 Å². The van der Waals surface area contributed by atoms with Crippen LogP contribution in [0.25, 0.3) is 0 Å². The molecule has 1 rings (SSSR count). The molecule has 1 aromatic rings. The summed E-state index contributed by atoms with van der Waals surface area (Å²) in [5.41, 5.74) is 0.826. The van der Waals surface area contributed by atoms with E-state index in [1.165, 1.54) is 0 Å². The number of hydrogen-bond donors (Lipinski definition) is 1. The van der Waals surface area contributed by atoms with Gasteiger partial charge < -0.3 is 10.1 Å². The fraction of sp³-hybridized carbons (Fsp3) is 0.800. The van der Waals surface area contributed by atoms with Crippen LogP contribution in [0, 0.1) is 0 Å². The lowest BCUT2D eigenvalue weighted by atomic mass is 10.1. The van der Waals surface area contributed by atoms with Crippen LogP contribution in [0.15, 0.2) is 6.20 Å². The molecule has 0 aliphatic heterocycles. The van der Waals surface area contributed by atoms with Gasteiger partial charge in [-0.2, -0.15) is 13.2 Å². The Hall–Kier alpha value is -1.15. The van der Waals surface area contributed by atoms with Crippen molar-refractivity contribution >= 4 is 0 Å². The number of hydrogen-bond acceptors (Lipinski definition) is 4. The minimum Gasteiger partial charge on any atom is -0.372 e. The van der Waals surface area contributed by atoms with Crippen molar-refractivity contribution in [2.24, 2.45) is 7.05 Å². The lowest BCUT2D eigenvalue weighted by molar-refractivity contribution is -0.174. The third-order valence-electron chi connectivity index (χ3n) is 2.37. The predicted octanol–water partition coefficient (Wildman–Crippen LogP) is 1.43. The first-order valence-electron chi connectivity index (χ1n) is 5.66. The highest BCUT2D eigenvalue weighted by Gasteiger charge is 2.27. The van der Waals surface area contributed by atoms with Gasteiger partial charge in [0.1, 0.15) is 6.61 Å². The number of halogens is 3. The highest BCUT2D eigenvalue weighted by atomic mass is 19.4. The fourth-order valence-corrected chi connectivity index (χ4v) is 1.60. The number of ether oxygens (including phenoxy) is 1. The Morgan fingerprint density at radius 1 is 1.50 bits per heavy atom. The minimum absolute atomic E-state index is 0.0301. The summed E-state index contributed by atoms with van der Waals surface area (Å²) in [5.74, 6) is 0. The fourth-order valence-electron chi connectivity index (χ4n) is 1.60. The molecule has 1 atom stereocenters. The van der Waals surface area contributed by atoms with Gasteiger partial charge in [0, 0.05) is 13.7 Å². The predicted molar refractivity (Wildman–Crippen MR) is 58.9 cm³/mol. The van der Waals surface area contributed by atoms with Crippen LogP contribution in [0.4, 0.5) is 13.2 Å². The van der Waals surface area contributed by atoms with Crippen molar-refractivity contribution in [3.8, 4) is 0 Å². The average Bonchev–Trinajstić information content (AvgIpc) is 2.68. The Balaban J connectivity index is 2.42. The van der Waals surface area contributed by atoms with Gasteiger partial charge in [-0.25, -0.2) is 0 Å². The second-order valence-electron chi connectivity index (χ2n) is 3.85. The zero-order chi connectivity index (χ0) is 13.6. The van der Waals surface area contributed by atoms with E-state index >= 15 is 0 Å². The molecule has 0 saturated heterocycles. The van der Waals surface area contributed by atoms with Crippen LogP contribution < -0.4 is 5.32 Å². The summed E-state index contributed by atoms with van der Waals surface area (Å²) in [5, 5.41) is 10.7. The molecule has 18 heavy (non-hydrogen) atoms. The van der Waals surface area contributed by atoms with Crippen LogP contribution in [0.1, 0.15) is 25.1 Å². The summed E-state index contributed by atoms with van der Waals surface area (Å²) in [7, 11) is 1.74. The summed E-state index contributed by atoms with van der Waals surface area (Å²) in [6.07, 6.45) is -2.25. The highest BCUT2D eigenvalue weighted by molar-refractivity contribution is 5.01. The van der Waals surface area contributed by atoms with Gasteiger partial charge in [0.25, 0.3) is 0 Å². The Kier molecular flexibility index (Phi) is 5.54. The van der Waals surface area contributed by atoms with E-state index < -0.39 is 12.8 Å². The van der Waals surface area contributed by atoms with Crippen molar-refractivity contribution in [1.82, 2.24) is 20.3 Å². The number of nitrogens with one attached hydrogen (secondary N) is 1. The van der Waals surface area contributed by atoms with Crippen molar-refractivity contribution in [3.05, 3.63) is 11.9 Å². The normalized spacial score (nSPS) is 13.8. The standard InChI is InChI=1S/C10H17F3N4O/c1-3-14-8(9-6-15-16-17(9)2)4-5-18-7-10(11,12)13/h6,8,14H,3-5,7H2,1-2H3. The van der Waals surface area contributed by atoms with Crippen LogP contribution in [0.2, 0.25) is 0 Å². The molecular formula is C10H17F3N4O. The van der Waals surface area contributed by atoms with Crippen LogP contribution in [-0.2, 0) is 11.8 Å². The van der Waals surface area contributed by atoms with Gasteiger partial charge in [-0.1, -0.05) is 12.1 Å². The Bertz CT molecular complexity index is 353. The molecule has 0 radical (unpaired) electrons. The van der Waals surface area contributed by atoms with Crippen LogP contribution >= 0.6 is 0 Å². The SMILES string of the molecule is CCNC(CCOCC(F)(F)F)c1cnnn1C. The molecule has 104 valence electrons. The molecule has 1 N–H and O–H groups in total. The average molecular weight is 266 g/mol. The first kappa shape index (κ1) is 14.9. The number of alkyl halides is 3. The molecule has 0 saturated carbocycles. The molecule has 0 aliphatic rings. The van der Waals surface area contributed by atoms with Crippen LogP contribution in [0.5, 0.6) is 0 Å². The van der Waals surface area contributed by atoms with E-state index in [2.05, 4.69) is 20.4 Å². The molecule has 0 aromatic carbocycles. The Morgan fingerprint density at radius 2 is 2.22 bits per heavy atom. The lowest BCUT2D eigenvalue weighted by Crippen LogP contribution is -2.25. The zero-order valence-electron chi connectivity index (χ0n) is 10.4. The first-order chi connectivity index (χ1) is 8.44. The third-order valence-corrected chi connectivity index (χ3v) is 2.37. The molecule has 8 heteroatoms. The second kappa shape index (κ2) is 6.69. The molecule has 1 aromatic heterocycles. The zero-order valence-corrected chi connectivity index (χ0v) is 10.4. The number of rotatable bonds is 7. The Morgan fingerprint density at radius 3 is 2.72 bits per heavy atom. The van der Waals surface area contributed by atoms with Gasteiger partial charge in [0.05, 0.1) is 17.9 Å². The molecule has 0 aliphatic carbocycles. The highest BCUT2D eigenvalue weighted by Crippen LogP contribution is 2.17. The molecular weight excluding hydrogens is 249 g/mol. The van der Waals surface area contributed by atoms with Gasteiger partial charge in [-0.05, 0) is 13.0 Å². The van der Waals surface area contributed by atoms with Gasteiger partial charge in [0.15, 0.2) is 0 Å². The summed E-state index contributed by atoms with van der Waals surface area (Å²) in [4.78, 5) is 0. The van der Waals surface area contributed by atoms with Crippen molar-refractivity contribution in [2.75, 3.05) is 19.8 Å². The summed E-state index contributed by atoms with van der Waals surface area (Å²) in [6.45, 7) is 1.44. The van der Waals surface area contributed by atoms with Crippen LogP contribution in [-0.4, -0.2) is 40.9 Å². The molecule has 0 spiro atoms. The topological polar surface area (TPSA) is 52.0 Å². The lowest BCUT2D eigenvalue weighted by Gasteiger charge is -2.17. The van der Waals surface area contributed by atoms with E-state index in [9.17, 15) is 13.2 Å². The van der Waals surface area contributed by atoms with Gasteiger partial charge in [-0.15, -0.1) is 5.10 Å². The quantitative estimate of drug-likeness (QED) is 0.759. The largest absolute Gasteiger partial charge is 0.411 e. The summed E-state index contributed by atoms with van der Waals surface area (Å²) >= 11 is 0. The molecule has 0 bridgehead atoms. The van der Waals surface area contributed by atoms with E-state index in [0.717, 1.165) is 5.69 Å². The Labute approximate surface area is 103 Å². The van der Waals surface area contributed by atoms with Crippen molar-refractivity contribution in [2.45, 2.75) is 25.6 Å². The minimum atomic E-state index is -4.28. The van der Waals surface area contributed by atoms with Crippen molar-refractivity contribution < 1.29 is 17.9 Å². The van der Waals surface area contributed by atoms with Crippen molar-refractivity contribution in [1.29, 1.82) is 0 Å². The van der Waals surface area contributed by atoms with Crippen LogP contribution in [0.3, 0.4) is 0 Å². The maximum absolute atomic E-state index is 11.9. The molecule has 1 unspecified atom stereocenters. The van der Waals surface area contributed by atoms with E-state index in [0.29, 0.717) is 13.0 Å².